The Morgan fingerprint density at radius 2 is 1.50 bits per heavy atom. The summed E-state index contributed by atoms with van der Waals surface area (Å²) in [6.45, 7) is 7.97. The van der Waals surface area contributed by atoms with E-state index in [1.165, 1.54) is 5.56 Å². The zero-order chi connectivity index (χ0) is 13.0. The molecule has 1 amide bonds. The van der Waals surface area contributed by atoms with Gasteiger partial charge in [0.25, 0.3) is 0 Å². The molecule has 0 aliphatic heterocycles. The fourth-order valence-corrected chi connectivity index (χ4v) is 1.60. The fraction of sp³-hybridized carbons (Fsp3) is 0.500. The highest BCUT2D eigenvalue weighted by molar-refractivity contribution is 5.85. The van der Waals surface area contributed by atoms with Crippen LogP contribution in [0.25, 0.3) is 0 Å². The summed E-state index contributed by atoms with van der Waals surface area (Å²) in [5.74, 6) is 0.406. The van der Waals surface area contributed by atoms with Gasteiger partial charge in [0, 0.05) is 0 Å². The minimum absolute atomic E-state index is 0. The van der Waals surface area contributed by atoms with Gasteiger partial charge in [0.2, 0.25) is 5.91 Å². The molecule has 1 aromatic carbocycles. The molecule has 0 aliphatic carbocycles. The first-order valence-electron chi connectivity index (χ1n) is 6.07. The Balaban J connectivity index is 0.00000289. The van der Waals surface area contributed by atoms with Crippen molar-refractivity contribution in [3.8, 4) is 0 Å². The van der Waals surface area contributed by atoms with Crippen molar-refractivity contribution in [2.24, 2.45) is 5.73 Å². The molecule has 1 rings (SSSR count). The number of carbonyl (C=O) groups excluding carboxylic acids is 1. The molecule has 1 aromatic rings. The fourth-order valence-electron chi connectivity index (χ4n) is 1.60. The van der Waals surface area contributed by atoms with Crippen LogP contribution < -0.4 is 11.1 Å². The first-order chi connectivity index (χ1) is 7.91. The molecule has 0 heterocycles. The smallest absolute Gasteiger partial charge is 0.237 e. The highest BCUT2D eigenvalue weighted by Crippen LogP contribution is 2.18. The van der Waals surface area contributed by atoms with Gasteiger partial charge in [-0.1, -0.05) is 38.1 Å². The van der Waals surface area contributed by atoms with Gasteiger partial charge < -0.3 is 11.1 Å². The predicted molar refractivity (Wildman–Crippen MR) is 78.0 cm³/mol. The van der Waals surface area contributed by atoms with Gasteiger partial charge >= 0.3 is 0 Å². The van der Waals surface area contributed by atoms with Gasteiger partial charge in [-0.25, -0.2) is 0 Å². The van der Waals surface area contributed by atoms with E-state index in [1.807, 2.05) is 6.92 Å². The number of hydrogen-bond donors (Lipinski definition) is 2. The maximum atomic E-state index is 11.5. The Morgan fingerprint density at radius 3 is 1.89 bits per heavy atom. The van der Waals surface area contributed by atoms with Gasteiger partial charge in [-0.3, -0.25) is 4.79 Å². The monoisotopic (exact) mass is 270 g/mol. The van der Waals surface area contributed by atoms with Crippen LogP contribution in [-0.2, 0) is 4.79 Å². The van der Waals surface area contributed by atoms with Crippen molar-refractivity contribution >= 4 is 18.3 Å². The second kappa shape index (κ2) is 7.39. The molecule has 102 valence electrons. The number of nitrogens with one attached hydrogen (secondary N) is 1. The van der Waals surface area contributed by atoms with Crippen molar-refractivity contribution in [3.63, 3.8) is 0 Å². The average Bonchev–Trinajstić information content (AvgIpc) is 2.28. The number of nitrogens with two attached hydrogens (primary N) is 1. The Bertz CT molecular complexity index is 374. The minimum Gasteiger partial charge on any atom is -0.348 e. The van der Waals surface area contributed by atoms with Crippen LogP contribution in [0.15, 0.2) is 24.3 Å². The Hall–Kier alpha value is -1.06. The van der Waals surface area contributed by atoms with Gasteiger partial charge in [-0.15, -0.1) is 12.4 Å². The van der Waals surface area contributed by atoms with Crippen molar-refractivity contribution in [2.45, 2.75) is 45.7 Å². The molecule has 2 atom stereocenters. The van der Waals surface area contributed by atoms with Crippen molar-refractivity contribution in [1.82, 2.24) is 5.32 Å². The van der Waals surface area contributed by atoms with E-state index in [0.29, 0.717) is 5.92 Å². The summed E-state index contributed by atoms with van der Waals surface area (Å²) >= 11 is 0. The number of benzene rings is 1. The van der Waals surface area contributed by atoms with E-state index in [1.54, 1.807) is 6.92 Å². The maximum Gasteiger partial charge on any atom is 0.237 e. The molecule has 3 N–H and O–H groups in total. The van der Waals surface area contributed by atoms with Crippen LogP contribution in [0.4, 0.5) is 0 Å². The van der Waals surface area contributed by atoms with Crippen LogP contribution in [0, 0.1) is 0 Å². The lowest BCUT2D eigenvalue weighted by atomic mass is 9.99. The summed E-state index contributed by atoms with van der Waals surface area (Å²) in [7, 11) is 0. The van der Waals surface area contributed by atoms with Crippen LogP contribution >= 0.6 is 12.4 Å². The summed E-state index contributed by atoms with van der Waals surface area (Å²) in [6, 6.07) is 7.86. The molecule has 0 spiro atoms. The Labute approximate surface area is 116 Å². The molecule has 0 aliphatic rings. The third kappa shape index (κ3) is 4.67. The second-order valence-electron chi connectivity index (χ2n) is 4.84. The Kier molecular flexibility index (Phi) is 6.96. The van der Waals surface area contributed by atoms with E-state index < -0.39 is 6.04 Å². The van der Waals surface area contributed by atoms with Crippen LogP contribution in [0.5, 0.6) is 0 Å². The summed E-state index contributed by atoms with van der Waals surface area (Å²) < 4.78 is 0. The molecule has 18 heavy (non-hydrogen) atoms. The molecule has 2 unspecified atom stereocenters. The average molecular weight is 271 g/mol. The molecule has 0 bridgehead atoms. The highest BCUT2D eigenvalue weighted by Gasteiger charge is 2.12. The molecule has 0 radical (unpaired) electrons. The summed E-state index contributed by atoms with van der Waals surface area (Å²) in [5, 5.41) is 2.88. The lowest BCUT2D eigenvalue weighted by Gasteiger charge is -2.16. The predicted octanol–water partition coefficient (Wildman–Crippen LogP) is 2.76. The zero-order valence-corrected chi connectivity index (χ0v) is 12.3. The van der Waals surface area contributed by atoms with Crippen LogP contribution in [0.1, 0.15) is 50.8 Å². The first-order valence-corrected chi connectivity index (χ1v) is 6.07. The number of amides is 1. The number of hydrogen-bond acceptors (Lipinski definition) is 2. The quantitative estimate of drug-likeness (QED) is 0.884. The normalized spacial score (nSPS) is 13.7. The SMILES string of the molecule is CC(N)C(=O)NC(C)c1ccc(C(C)C)cc1.Cl. The number of carbonyl (C=O) groups is 1. The van der Waals surface area contributed by atoms with E-state index in [4.69, 9.17) is 5.73 Å². The zero-order valence-electron chi connectivity index (χ0n) is 11.4. The van der Waals surface area contributed by atoms with Crippen molar-refractivity contribution in [2.75, 3.05) is 0 Å². The summed E-state index contributed by atoms with van der Waals surface area (Å²) in [5.41, 5.74) is 7.92. The molecule has 0 saturated heterocycles. The molecular weight excluding hydrogens is 248 g/mol. The molecule has 0 fully saturated rings. The summed E-state index contributed by atoms with van der Waals surface area (Å²) in [4.78, 5) is 11.5. The van der Waals surface area contributed by atoms with E-state index >= 15 is 0 Å². The minimum atomic E-state index is -0.465. The van der Waals surface area contributed by atoms with Crippen LogP contribution in [-0.4, -0.2) is 11.9 Å². The van der Waals surface area contributed by atoms with Gasteiger partial charge in [0.05, 0.1) is 12.1 Å². The molecule has 3 nitrogen and oxygen atoms in total. The highest BCUT2D eigenvalue weighted by atomic mass is 35.5. The molecular formula is C14H23ClN2O. The van der Waals surface area contributed by atoms with E-state index in [0.717, 1.165) is 5.56 Å². The molecule has 0 saturated carbocycles. The Morgan fingerprint density at radius 1 is 1.06 bits per heavy atom. The van der Waals surface area contributed by atoms with E-state index in [2.05, 4.69) is 43.4 Å². The molecule has 0 aromatic heterocycles. The van der Waals surface area contributed by atoms with Crippen molar-refractivity contribution in [1.29, 1.82) is 0 Å². The van der Waals surface area contributed by atoms with Gasteiger partial charge in [0.15, 0.2) is 0 Å². The van der Waals surface area contributed by atoms with Crippen molar-refractivity contribution in [3.05, 3.63) is 35.4 Å². The van der Waals surface area contributed by atoms with Crippen LogP contribution in [0.2, 0.25) is 0 Å². The van der Waals surface area contributed by atoms with E-state index in [-0.39, 0.29) is 24.4 Å². The second-order valence-corrected chi connectivity index (χ2v) is 4.84. The summed E-state index contributed by atoms with van der Waals surface area (Å²) in [6.07, 6.45) is 0. The maximum absolute atomic E-state index is 11.5. The standard InChI is InChI=1S/C14H22N2O.ClH/c1-9(2)12-5-7-13(8-6-12)11(4)16-14(17)10(3)15;/h5-11H,15H2,1-4H3,(H,16,17);1H. The van der Waals surface area contributed by atoms with E-state index in [9.17, 15) is 4.79 Å². The lowest BCUT2D eigenvalue weighted by Crippen LogP contribution is -2.39. The third-order valence-electron chi connectivity index (χ3n) is 2.88. The van der Waals surface area contributed by atoms with Gasteiger partial charge in [-0.2, -0.15) is 0 Å². The van der Waals surface area contributed by atoms with Crippen LogP contribution in [0.3, 0.4) is 0 Å². The van der Waals surface area contributed by atoms with Gasteiger partial charge in [-0.05, 0) is 30.9 Å². The first kappa shape index (κ1) is 16.9. The largest absolute Gasteiger partial charge is 0.348 e. The number of rotatable bonds is 4. The molecule has 4 heteroatoms. The van der Waals surface area contributed by atoms with Gasteiger partial charge in [0.1, 0.15) is 0 Å². The lowest BCUT2D eigenvalue weighted by molar-refractivity contribution is -0.122. The number of halogens is 1. The topological polar surface area (TPSA) is 55.1 Å². The van der Waals surface area contributed by atoms with Crippen molar-refractivity contribution < 1.29 is 4.79 Å². The third-order valence-corrected chi connectivity index (χ3v) is 2.88.